The lowest BCUT2D eigenvalue weighted by Gasteiger charge is -2.35. The van der Waals surface area contributed by atoms with Gasteiger partial charge in [-0.15, -0.1) is 0 Å². The lowest BCUT2D eigenvalue weighted by molar-refractivity contribution is 0.0463. The normalized spacial score (nSPS) is 17.2. The highest BCUT2D eigenvalue weighted by Crippen LogP contribution is 2.13. The molecule has 1 fully saturated rings. The summed E-state index contributed by atoms with van der Waals surface area (Å²) in [5, 5.41) is 10.3. The highest BCUT2D eigenvalue weighted by Gasteiger charge is 2.19. The van der Waals surface area contributed by atoms with Gasteiger partial charge in [-0.25, -0.2) is 0 Å². The predicted octanol–water partition coefficient (Wildman–Crippen LogP) is 2.60. The molecule has 2 aromatic carbocycles. The number of aliphatic hydroxyl groups excluding tert-OH is 1. The molecular formula is C22H30N2O2. The second kappa shape index (κ2) is 9.72. The molecule has 0 bridgehead atoms. The molecule has 0 radical (unpaired) electrons. The fourth-order valence-corrected chi connectivity index (χ4v) is 3.38. The highest BCUT2D eigenvalue weighted by atomic mass is 16.5. The second-order valence-corrected chi connectivity index (χ2v) is 7.16. The summed E-state index contributed by atoms with van der Waals surface area (Å²) >= 11 is 0. The SMILES string of the molecule is Cc1cccc(OCC(O)CN2CCN(CCc3ccccc3)CC2)c1. The van der Waals surface area contributed by atoms with Crippen LogP contribution in [0.2, 0.25) is 0 Å². The van der Waals surface area contributed by atoms with Crippen LogP contribution in [-0.2, 0) is 6.42 Å². The molecule has 4 nitrogen and oxygen atoms in total. The Labute approximate surface area is 157 Å². The molecule has 140 valence electrons. The lowest BCUT2D eigenvalue weighted by atomic mass is 10.1. The molecule has 2 aromatic rings. The molecule has 3 rings (SSSR count). The van der Waals surface area contributed by atoms with E-state index in [-0.39, 0.29) is 0 Å². The molecule has 0 aliphatic carbocycles. The fraction of sp³-hybridized carbons (Fsp3) is 0.455. The Bertz CT molecular complexity index is 654. The maximum Gasteiger partial charge on any atom is 0.119 e. The van der Waals surface area contributed by atoms with Crippen molar-refractivity contribution in [3.05, 3.63) is 65.7 Å². The number of piperazine rings is 1. The van der Waals surface area contributed by atoms with Crippen molar-refractivity contribution in [2.24, 2.45) is 0 Å². The minimum Gasteiger partial charge on any atom is -0.491 e. The summed E-state index contributed by atoms with van der Waals surface area (Å²) < 4.78 is 5.71. The van der Waals surface area contributed by atoms with E-state index in [2.05, 4.69) is 40.1 Å². The van der Waals surface area contributed by atoms with Gasteiger partial charge in [-0.3, -0.25) is 4.90 Å². The van der Waals surface area contributed by atoms with E-state index in [0.29, 0.717) is 13.2 Å². The van der Waals surface area contributed by atoms with Gasteiger partial charge in [-0.2, -0.15) is 0 Å². The minimum atomic E-state index is -0.452. The summed E-state index contributed by atoms with van der Waals surface area (Å²) in [7, 11) is 0. The van der Waals surface area contributed by atoms with Gasteiger partial charge in [0.05, 0.1) is 0 Å². The summed E-state index contributed by atoms with van der Waals surface area (Å²) in [4.78, 5) is 4.85. The van der Waals surface area contributed by atoms with Crippen LogP contribution in [0, 0.1) is 6.92 Å². The maximum atomic E-state index is 10.3. The molecule has 1 saturated heterocycles. The zero-order valence-corrected chi connectivity index (χ0v) is 15.7. The van der Waals surface area contributed by atoms with Crippen molar-refractivity contribution < 1.29 is 9.84 Å². The number of aryl methyl sites for hydroxylation is 1. The van der Waals surface area contributed by atoms with Crippen molar-refractivity contribution in [3.63, 3.8) is 0 Å². The molecule has 4 heteroatoms. The van der Waals surface area contributed by atoms with Gasteiger partial charge in [0.15, 0.2) is 0 Å². The zero-order valence-electron chi connectivity index (χ0n) is 15.7. The third kappa shape index (κ3) is 6.13. The van der Waals surface area contributed by atoms with E-state index >= 15 is 0 Å². The summed E-state index contributed by atoms with van der Waals surface area (Å²) in [6.07, 6.45) is 0.653. The second-order valence-electron chi connectivity index (χ2n) is 7.16. The van der Waals surface area contributed by atoms with Crippen LogP contribution in [0.1, 0.15) is 11.1 Å². The third-order valence-electron chi connectivity index (χ3n) is 4.93. The van der Waals surface area contributed by atoms with Crippen molar-refractivity contribution in [1.29, 1.82) is 0 Å². The van der Waals surface area contributed by atoms with E-state index in [4.69, 9.17) is 4.74 Å². The Morgan fingerprint density at radius 3 is 2.42 bits per heavy atom. The van der Waals surface area contributed by atoms with Gasteiger partial charge in [0, 0.05) is 39.3 Å². The van der Waals surface area contributed by atoms with Crippen LogP contribution < -0.4 is 4.74 Å². The van der Waals surface area contributed by atoms with Gasteiger partial charge in [-0.1, -0.05) is 42.5 Å². The Morgan fingerprint density at radius 1 is 0.962 bits per heavy atom. The summed E-state index contributed by atoms with van der Waals surface area (Å²) in [5.74, 6) is 0.829. The monoisotopic (exact) mass is 354 g/mol. The topological polar surface area (TPSA) is 35.9 Å². The third-order valence-corrected chi connectivity index (χ3v) is 4.93. The molecule has 0 aromatic heterocycles. The molecule has 1 atom stereocenters. The van der Waals surface area contributed by atoms with Crippen LogP contribution in [0.25, 0.3) is 0 Å². The first kappa shape index (κ1) is 18.9. The Hall–Kier alpha value is -1.88. The van der Waals surface area contributed by atoms with E-state index in [9.17, 15) is 5.11 Å². The first-order valence-electron chi connectivity index (χ1n) is 9.55. The van der Waals surface area contributed by atoms with Gasteiger partial charge in [0.1, 0.15) is 18.5 Å². The molecule has 1 aliphatic rings. The number of hydrogen-bond donors (Lipinski definition) is 1. The van der Waals surface area contributed by atoms with Crippen LogP contribution >= 0.6 is 0 Å². The molecular weight excluding hydrogens is 324 g/mol. The molecule has 0 amide bonds. The standard InChI is InChI=1S/C22H30N2O2/c1-19-6-5-9-22(16-19)26-18-21(25)17-24-14-12-23(13-15-24)11-10-20-7-3-2-4-8-20/h2-9,16,21,25H,10-15,17-18H2,1H3. The predicted molar refractivity (Wildman–Crippen MR) is 106 cm³/mol. The summed E-state index contributed by atoms with van der Waals surface area (Å²) in [6, 6.07) is 18.6. The molecule has 1 heterocycles. The number of aliphatic hydroxyl groups is 1. The van der Waals surface area contributed by atoms with Gasteiger partial charge >= 0.3 is 0 Å². The fourth-order valence-electron chi connectivity index (χ4n) is 3.38. The van der Waals surface area contributed by atoms with E-state index in [1.165, 1.54) is 11.1 Å². The average Bonchev–Trinajstić information content (AvgIpc) is 2.67. The number of nitrogens with zero attached hydrogens (tertiary/aromatic N) is 2. The highest BCUT2D eigenvalue weighted by molar-refractivity contribution is 5.27. The summed E-state index contributed by atoms with van der Waals surface area (Å²) in [6.45, 7) is 8.33. The molecule has 0 spiro atoms. The van der Waals surface area contributed by atoms with E-state index in [1.807, 2.05) is 31.2 Å². The Morgan fingerprint density at radius 2 is 1.69 bits per heavy atom. The van der Waals surface area contributed by atoms with Crippen LogP contribution in [0.5, 0.6) is 5.75 Å². The van der Waals surface area contributed by atoms with Crippen molar-refractivity contribution in [2.75, 3.05) is 45.9 Å². The average molecular weight is 354 g/mol. The number of rotatable bonds is 8. The zero-order chi connectivity index (χ0) is 18.2. The smallest absolute Gasteiger partial charge is 0.119 e. The number of hydrogen-bond acceptors (Lipinski definition) is 4. The van der Waals surface area contributed by atoms with Crippen molar-refractivity contribution in [2.45, 2.75) is 19.4 Å². The minimum absolute atomic E-state index is 0.345. The maximum absolute atomic E-state index is 10.3. The first-order valence-corrected chi connectivity index (χ1v) is 9.55. The van der Waals surface area contributed by atoms with E-state index < -0.39 is 6.10 Å². The van der Waals surface area contributed by atoms with Gasteiger partial charge in [0.25, 0.3) is 0 Å². The Balaban J connectivity index is 1.33. The van der Waals surface area contributed by atoms with E-state index in [0.717, 1.165) is 44.9 Å². The molecule has 26 heavy (non-hydrogen) atoms. The van der Waals surface area contributed by atoms with Crippen LogP contribution in [-0.4, -0.2) is 66.9 Å². The largest absolute Gasteiger partial charge is 0.491 e. The van der Waals surface area contributed by atoms with Crippen LogP contribution in [0.3, 0.4) is 0 Å². The first-order chi connectivity index (χ1) is 12.7. The molecule has 1 aliphatic heterocycles. The number of β-amino-alcohol motifs (C(OH)–C–C–N with tert-alkyl or cyclic N) is 1. The molecule has 0 saturated carbocycles. The van der Waals surface area contributed by atoms with Crippen LogP contribution in [0.4, 0.5) is 0 Å². The van der Waals surface area contributed by atoms with Crippen molar-refractivity contribution in [3.8, 4) is 5.75 Å². The summed E-state index contributed by atoms with van der Waals surface area (Å²) in [5.41, 5.74) is 2.57. The van der Waals surface area contributed by atoms with E-state index in [1.54, 1.807) is 0 Å². The van der Waals surface area contributed by atoms with Gasteiger partial charge in [0.2, 0.25) is 0 Å². The quantitative estimate of drug-likeness (QED) is 0.790. The van der Waals surface area contributed by atoms with Crippen molar-refractivity contribution in [1.82, 2.24) is 9.80 Å². The van der Waals surface area contributed by atoms with Gasteiger partial charge in [-0.05, 0) is 36.6 Å². The van der Waals surface area contributed by atoms with Gasteiger partial charge < -0.3 is 14.7 Å². The van der Waals surface area contributed by atoms with Crippen molar-refractivity contribution >= 4 is 0 Å². The Kier molecular flexibility index (Phi) is 7.06. The number of ether oxygens (including phenoxy) is 1. The van der Waals surface area contributed by atoms with Crippen LogP contribution in [0.15, 0.2) is 54.6 Å². The molecule has 1 unspecified atom stereocenters. The molecule has 1 N–H and O–H groups in total. The number of benzene rings is 2. The lowest BCUT2D eigenvalue weighted by Crippen LogP contribution is -2.49.